The van der Waals surface area contributed by atoms with Gasteiger partial charge in [-0.3, -0.25) is 9.69 Å². The van der Waals surface area contributed by atoms with Crippen LogP contribution in [0.5, 0.6) is 0 Å². The number of benzene rings is 1. The van der Waals surface area contributed by atoms with Crippen LogP contribution in [0.3, 0.4) is 0 Å². The molecule has 2 aliphatic rings. The van der Waals surface area contributed by atoms with E-state index in [1.165, 1.54) is 29.5 Å². The van der Waals surface area contributed by atoms with E-state index in [4.69, 9.17) is 0 Å². The Morgan fingerprint density at radius 3 is 2.80 bits per heavy atom. The predicted molar refractivity (Wildman–Crippen MR) is 81.7 cm³/mol. The average Bonchev–Trinajstić information content (AvgIpc) is 3.02. The van der Waals surface area contributed by atoms with Gasteiger partial charge >= 0.3 is 0 Å². The van der Waals surface area contributed by atoms with Gasteiger partial charge in [-0.25, -0.2) is 0 Å². The van der Waals surface area contributed by atoms with Gasteiger partial charge in [-0.15, -0.1) is 0 Å². The van der Waals surface area contributed by atoms with Gasteiger partial charge in [0.05, 0.1) is 0 Å². The predicted octanol–water partition coefficient (Wildman–Crippen LogP) is 3.64. The van der Waals surface area contributed by atoms with Gasteiger partial charge in [0.2, 0.25) is 0 Å². The molecule has 1 aliphatic carbocycles. The molecular formula is C18H25NO. The molecule has 2 atom stereocenters. The molecule has 0 N–H and O–H groups in total. The molecule has 0 aromatic heterocycles. The van der Waals surface area contributed by atoms with Crippen LogP contribution in [-0.2, 0) is 11.3 Å². The Balaban J connectivity index is 1.75. The molecule has 2 nitrogen and oxygen atoms in total. The Labute approximate surface area is 122 Å². The van der Waals surface area contributed by atoms with Crippen molar-refractivity contribution in [1.29, 1.82) is 0 Å². The van der Waals surface area contributed by atoms with Crippen LogP contribution in [0.4, 0.5) is 0 Å². The lowest BCUT2D eigenvalue weighted by Crippen LogP contribution is -2.37. The summed E-state index contributed by atoms with van der Waals surface area (Å²) in [5, 5.41) is 0. The Hall–Kier alpha value is -1.15. The number of hydrogen-bond donors (Lipinski definition) is 0. The van der Waals surface area contributed by atoms with Crippen LogP contribution >= 0.6 is 0 Å². The summed E-state index contributed by atoms with van der Waals surface area (Å²) in [6.07, 6.45) is 5.50. The van der Waals surface area contributed by atoms with Crippen LogP contribution in [0, 0.1) is 19.8 Å². The van der Waals surface area contributed by atoms with Crippen molar-refractivity contribution in [2.24, 2.45) is 5.92 Å². The number of nitrogens with zero attached hydrogens (tertiary/aromatic N) is 1. The molecule has 2 heteroatoms. The summed E-state index contributed by atoms with van der Waals surface area (Å²) in [4.78, 5) is 14.6. The molecule has 20 heavy (non-hydrogen) atoms. The van der Waals surface area contributed by atoms with Crippen molar-refractivity contribution in [3.05, 3.63) is 34.9 Å². The number of hydrogen-bond acceptors (Lipinski definition) is 2. The molecule has 0 bridgehead atoms. The number of carbonyl (C=O) groups is 1. The van der Waals surface area contributed by atoms with Crippen molar-refractivity contribution in [3.63, 3.8) is 0 Å². The Kier molecular flexibility index (Phi) is 3.93. The number of ketones is 1. The van der Waals surface area contributed by atoms with Crippen molar-refractivity contribution >= 4 is 5.78 Å². The van der Waals surface area contributed by atoms with E-state index in [0.29, 0.717) is 17.7 Å². The minimum atomic E-state index is 0.322. The summed E-state index contributed by atoms with van der Waals surface area (Å²) in [6.45, 7) is 6.52. The molecule has 1 aliphatic heterocycles. The molecule has 2 unspecified atom stereocenters. The maximum atomic E-state index is 12.1. The zero-order chi connectivity index (χ0) is 14.1. The molecule has 1 saturated heterocycles. The smallest absolute Gasteiger partial charge is 0.137 e. The molecule has 2 fully saturated rings. The van der Waals surface area contributed by atoms with Crippen LogP contribution in [0.1, 0.15) is 48.8 Å². The zero-order valence-electron chi connectivity index (χ0n) is 12.7. The maximum Gasteiger partial charge on any atom is 0.137 e. The molecular weight excluding hydrogens is 246 g/mol. The highest BCUT2D eigenvalue weighted by atomic mass is 16.1. The molecule has 0 radical (unpaired) electrons. The lowest BCUT2D eigenvalue weighted by atomic mass is 9.94. The van der Waals surface area contributed by atoms with Gasteiger partial charge in [-0.05, 0) is 57.2 Å². The average molecular weight is 271 g/mol. The van der Waals surface area contributed by atoms with Crippen molar-refractivity contribution in [2.45, 2.75) is 58.5 Å². The standard InChI is InChI=1S/C18H25NO/c1-13-8-9-14(2)15(11-13)12-19-10-4-6-17(19)16-5-3-7-18(16)20/h8-9,11,16-17H,3-7,10,12H2,1-2H3. The van der Waals surface area contributed by atoms with Crippen LogP contribution in [0.25, 0.3) is 0 Å². The van der Waals surface area contributed by atoms with Crippen LogP contribution in [0.15, 0.2) is 18.2 Å². The highest BCUT2D eigenvalue weighted by Gasteiger charge is 2.37. The summed E-state index contributed by atoms with van der Waals surface area (Å²) in [5.41, 5.74) is 4.14. The minimum Gasteiger partial charge on any atom is -0.299 e. The van der Waals surface area contributed by atoms with Crippen molar-refractivity contribution in [2.75, 3.05) is 6.54 Å². The third-order valence-electron chi connectivity index (χ3n) is 5.11. The van der Waals surface area contributed by atoms with E-state index in [9.17, 15) is 4.79 Å². The lowest BCUT2D eigenvalue weighted by molar-refractivity contribution is -0.122. The largest absolute Gasteiger partial charge is 0.299 e. The number of likely N-dealkylation sites (tertiary alicyclic amines) is 1. The van der Waals surface area contributed by atoms with Gasteiger partial charge in [0.25, 0.3) is 0 Å². The van der Waals surface area contributed by atoms with E-state index in [1.54, 1.807) is 0 Å². The molecule has 1 aromatic rings. The number of Topliss-reactive ketones (excluding diaryl/α,β-unsaturated/α-hetero) is 1. The SMILES string of the molecule is Cc1ccc(C)c(CN2CCCC2C2CCCC2=O)c1. The fourth-order valence-electron chi connectivity index (χ4n) is 3.94. The number of rotatable bonds is 3. The van der Waals surface area contributed by atoms with Crippen LogP contribution < -0.4 is 0 Å². The van der Waals surface area contributed by atoms with Gasteiger partial charge in [0, 0.05) is 24.9 Å². The Bertz CT molecular complexity index is 508. The lowest BCUT2D eigenvalue weighted by Gasteiger charge is -2.29. The quantitative estimate of drug-likeness (QED) is 0.836. The van der Waals surface area contributed by atoms with Gasteiger partial charge in [-0.2, -0.15) is 0 Å². The van der Waals surface area contributed by atoms with Crippen LogP contribution in [-0.4, -0.2) is 23.3 Å². The fraction of sp³-hybridized carbons (Fsp3) is 0.611. The van der Waals surface area contributed by atoms with E-state index < -0.39 is 0 Å². The van der Waals surface area contributed by atoms with E-state index in [1.807, 2.05) is 0 Å². The summed E-state index contributed by atoms with van der Waals surface area (Å²) in [7, 11) is 0. The first-order chi connectivity index (χ1) is 9.65. The molecule has 1 saturated carbocycles. The second-order valence-electron chi connectivity index (χ2n) is 6.58. The molecule has 108 valence electrons. The van der Waals surface area contributed by atoms with Gasteiger partial charge < -0.3 is 0 Å². The van der Waals surface area contributed by atoms with Gasteiger partial charge in [0.1, 0.15) is 5.78 Å². The first-order valence-corrected chi connectivity index (χ1v) is 7.98. The molecule has 0 amide bonds. The fourth-order valence-corrected chi connectivity index (χ4v) is 3.94. The molecule has 0 spiro atoms. The Morgan fingerprint density at radius 2 is 2.05 bits per heavy atom. The second-order valence-corrected chi connectivity index (χ2v) is 6.58. The first-order valence-electron chi connectivity index (χ1n) is 7.98. The molecule has 1 heterocycles. The van der Waals surface area contributed by atoms with Crippen molar-refractivity contribution in [3.8, 4) is 0 Å². The van der Waals surface area contributed by atoms with E-state index >= 15 is 0 Å². The summed E-state index contributed by atoms with van der Waals surface area (Å²) in [6, 6.07) is 7.21. The number of aryl methyl sites for hydroxylation is 2. The highest BCUT2D eigenvalue weighted by Crippen LogP contribution is 2.34. The number of carbonyl (C=O) groups excluding carboxylic acids is 1. The summed E-state index contributed by atoms with van der Waals surface area (Å²) >= 11 is 0. The third-order valence-corrected chi connectivity index (χ3v) is 5.11. The van der Waals surface area contributed by atoms with Crippen molar-refractivity contribution < 1.29 is 4.79 Å². The van der Waals surface area contributed by atoms with Gasteiger partial charge in [0.15, 0.2) is 0 Å². The minimum absolute atomic E-state index is 0.322. The highest BCUT2D eigenvalue weighted by molar-refractivity contribution is 5.83. The zero-order valence-corrected chi connectivity index (χ0v) is 12.7. The topological polar surface area (TPSA) is 20.3 Å². The van der Waals surface area contributed by atoms with Crippen molar-refractivity contribution in [1.82, 2.24) is 4.90 Å². The van der Waals surface area contributed by atoms with E-state index in [2.05, 4.69) is 36.9 Å². The van der Waals surface area contributed by atoms with E-state index in [0.717, 1.165) is 32.4 Å². The normalized spacial score (nSPS) is 27.4. The monoisotopic (exact) mass is 271 g/mol. The summed E-state index contributed by atoms with van der Waals surface area (Å²) in [5.74, 6) is 0.838. The Morgan fingerprint density at radius 1 is 1.20 bits per heavy atom. The van der Waals surface area contributed by atoms with Crippen LogP contribution in [0.2, 0.25) is 0 Å². The molecule has 1 aromatic carbocycles. The second kappa shape index (κ2) is 5.69. The summed E-state index contributed by atoms with van der Waals surface area (Å²) < 4.78 is 0. The third kappa shape index (κ3) is 2.67. The van der Waals surface area contributed by atoms with Gasteiger partial charge in [-0.1, -0.05) is 23.8 Å². The van der Waals surface area contributed by atoms with E-state index in [-0.39, 0.29) is 0 Å². The first kappa shape index (κ1) is 13.8. The molecule has 3 rings (SSSR count). The maximum absolute atomic E-state index is 12.1.